The molecule has 0 N–H and O–H groups in total. The van der Waals surface area contributed by atoms with Crippen molar-refractivity contribution in [3.63, 3.8) is 0 Å². The number of rotatable bonds is 6. The predicted molar refractivity (Wildman–Crippen MR) is 97.7 cm³/mol. The van der Waals surface area contributed by atoms with Crippen LogP contribution in [0.2, 0.25) is 0 Å². The summed E-state index contributed by atoms with van der Waals surface area (Å²) in [5.41, 5.74) is 2.01. The van der Waals surface area contributed by atoms with Crippen LogP contribution in [0, 0.1) is 6.92 Å². The molecule has 2 aromatic rings. The molecule has 0 unspecified atom stereocenters. The second-order valence-electron chi connectivity index (χ2n) is 5.75. The Balaban J connectivity index is 0.00000116. The first-order valence-electron chi connectivity index (χ1n) is 7.64. The summed E-state index contributed by atoms with van der Waals surface area (Å²) in [7, 11) is -0.496. The van der Waals surface area contributed by atoms with Gasteiger partial charge in [-0.15, -0.1) is 0 Å². The lowest BCUT2D eigenvalue weighted by Crippen LogP contribution is -2.10. The Morgan fingerprint density at radius 2 is 1.95 bits per heavy atom. The highest BCUT2D eigenvalue weighted by molar-refractivity contribution is 8.32. The SMILES string of the molecule is CC.Cc1cn(COCCS(C)(C)C)c(-c2cccnc2)n1. The highest BCUT2D eigenvalue weighted by atomic mass is 32.3. The van der Waals surface area contributed by atoms with Crippen LogP contribution in [-0.2, 0) is 11.5 Å². The van der Waals surface area contributed by atoms with E-state index in [9.17, 15) is 0 Å². The van der Waals surface area contributed by atoms with Crippen molar-refractivity contribution in [1.82, 2.24) is 14.5 Å². The van der Waals surface area contributed by atoms with Crippen molar-refractivity contribution in [3.8, 4) is 11.4 Å². The summed E-state index contributed by atoms with van der Waals surface area (Å²) in [6.45, 7) is 7.33. The van der Waals surface area contributed by atoms with E-state index in [1.54, 1.807) is 6.20 Å². The molecule has 2 heterocycles. The quantitative estimate of drug-likeness (QED) is 0.756. The Morgan fingerprint density at radius 3 is 2.55 bits per heavy atom. The molecule has 0 radical (unpaired) electrons. The lowest BCUT2D eigenvalue weighted by atomic mass is 10.3. The zero-order chi connectivity index (χ0) is 16.6. The highest BCUT2D eigenvalue weighted by Gasteiger charge is 2.09. The molecular weight excluding hydrogens is 294 g/mol. The molecule has 0 atom stereocenters. The Labute approximate surface area is 136 Å². The summed E-state index contributed by atoms with van der Waals surface area (Å²) in [6.07, 6.45) is 12.5. The molecule has 0 bridgehead atoms. The van der Waals surface area contributed by atoms with Gasteiger partial charge in [-0.2, -0.15) is 0 Å². The van der Waals surface area contributed by atoms with E-state index in [4.69, 9.17) is 4.74 Å². The van der Waals surface area contributed by atoms with E-state index in [2.05, 4.69) is 28.7 Å². The second-order valence-corrected chi connectivity index (χ2v) is 10.3. The lowest BCUT2D eigenvalue weighted by molar-refractivity contribution is 0.0907. The van der Waals surface area contributed by atoms with Crippen molar-refractivity contribution in [3.05, 3.63) is 36.4 Å². The van der Waals surface area contributed by atoms with Crippen LogP contribution in [0.1, 0.15) is 19.5 Å². The van der Waals surface area contributed by atoms with Crippen LogP contribution in [0.5, 0.6) is 0 Å². The Kier molecular flexibility index (Phi) is 7.62. The minimum atomic E-state index is -0.496. The third-order valence-corrected chi connectivity index (χ3v) is 4.28. The standard InChI is InChI=1S/C15H23N3OS.C2H6/c1-13-11-18(12-19-8-9-20(2,3)4)15(17-13)14-6-5-7-16-10-14;1-2/h5-7,10-11H,8-9,12H2,1-4H3;1-2H3. The van der Waals surface area contributed by atoms with Gasteiger partial charge in [0, 0.05) is 29.9 Å². The van der Waals surface area contributed by atoms with E-state index in [1.807, 2.05) is 49.9 Å². The molecule has 0 saturated carbocycles. The van der Waals surface area contributed by atoms with Gasteiger partial charge in [-0.1, -0.05) is 13.8 Å². The van der Waals surface area contributed by atoms with Gasteiger partial charge in [0.05, 0.1) is 12.3 Å². The topological polar surface area (TPSA) is 39.9 Å². The van der Waals surface area contributed by atoms with Gasteiger partial charge in [-0.25, -0.2) is 15.0 Å². The van der Waals surface area contributed by atoms with Crippen molar-refractivity contribution in [2.24, 2.45) is 0 Å². The summed E-state index contributed by atoms with van der Waals surface area (Å²) in [6, 6.07) is 3.94. The number of aromatic nitrogens is 3. The molecule has 2 rings (SSSR count). The van der Waals surface area contributed by atoms with E-state index in [1.165, 1.54) is 0 Å². The molecule has 124 valence electrons. The molecule has 0 amide bonds. The van der Waals surface area contributed by atoms with Crippen molar-refractivity contribution in [2.45, 2.75) is 27.5 Å². The summed E-state index contributed by atoms with van der Waals surface area (Å²) in [4.78, 5) is 8.71. The van der Waals surface area contributed by atoms with Crippen molar-refractivity contribution in [2.75, 3.05) is 31.1 Å². The molecule has 0 aliphatic carbocycles. The van der Waals surface area contributed by atoms with E-state index in [-0.39, 0.29) is 0 Å². The smallest absolute Gasteiger partial charge is 0.143 e. The largest absolute Gasteiger partial charge is 0.360 e. The molecule has 22 heavy (non-hydrogen) atoms. The number of aryl methyl sites for hydroxylation is 1. The number of hydrogen-bond donors (Lipinski definition) is 0. The first kappa shape index (κ1) is 18.7. The lowest BCUT2D eigenvalue weighted by Gasteiger charge is -2.24. The fraction of sp³-hybridized carbons (Fsp3) is 0.529. The zero-order valence-corrected chi connectivity index (χ0v) is 15.5. The van der Waals surface area contributed by atoms with Gasteiger partial charge < -0.3 is 9.30 Å². The van der Waals surface area contributed by atoms with Crippen molar-refractivity contribution < 1.29 is 4.74 Å². The minimum Gasteiger partial charge on any atom is -0.360 e. The van der Waals surface area contributed by atoms with Crippen LogP contribution in [0.15, 0.2) is 30.7 Å². The Bertz CT molecular complexity index is 547. The monoisotopic (exact) mass is 323 g/mol. The maximum atomic E-state index is 5.79. The van der Waals surface area contributed by atoms with E-state index >= 15 is 0 Å². The van der Waals surface area contributed by atoms with E-state index in [0.29, 0.717) is 6.73 Å². The summed E-state index contributed by atoms with van der Waals surface area (Å²) in [5, 5.41) is 0. The third-order valence-electron chi connectivity index (χ3n) is 2.89. The van der Waals surface area contributed by atoms with Gasteiger partial charge in [0.1, 0.15) is 12.6 Å². The Morgan fingerprint density at radius 1 is 1.23 bits per heavy atom. The second kappa shape index (κ2) is 8.96. The van der Waals surface area contributed by atoms with Gasteiger partial charge in [0.15, 0.2) is 0 Å². The first-order valence-corrected chi connectivity index (χ1v) is 10.7. The Hall–Kier alpha value is -1.33. The van der Waals surface area contributed by atoms with Crippen molar-refractivity contribution in [1.29, 1.82) is 0 Å². The fourth-order valence-electron chi connectivity index (χ4n) is 1.84. The summed E-state index contributed by atoms with van der Waals surface area (Å²) in [5.74, 6) is 2.04. The van der Waals surface area contributed by atoms with Gasteiger partial charge in [0.2, 0.25) is 0 Å². The number of pyridine rings is 1. The maximum Gasteiger partial charge on any atom is 0.143 e. The average Bonchev–Trinajstić information content (AvgIpc) is 2.87. The summed E-state index contributed by atoms with van der Waals surface area (Å²) < 4.78 is 7.84. The predicted octanol–water partition coefficient (Wildman–Crippen LogP) is 3.95. The van der Waals surface area contributed by atoms with Crippen LogP contribution in [0.4, 0.5) is 0 Å². The molecule has 0 saturated heterocycles. The number of hydrogen-bond acceptors (Lipinski definition) is 3. The van der Waals surface area contributed by atoms with Crippen LogP contribution in [-0.4, -0.2) is 45.7 Å². The molecule has 0 aromatic carbocycles. The van der Waals surface area contributed by atoms with Gasteiger partial charge in [-0.3, -0.25) is 4.98 Å². The van der Waals surface area contributed by atoms with Crippen LogP contribution in [0.25, 0.3) is 11.4 Å². The minimum absolute atomic E-state index is 0.496. The molecule has 2 aromatic heterocycles. The number of nitrogens with zero attached hydrogens (tertiary/aromatic N) is 3. The number of ether oxygens (including phenoxy) is 1. The van der Waals surface area contributed by atoms with Crippen LogP contribution >= 0.6 is 10.0 Å². The maximum absolute atomic E-state index is 5.79. The normalized spacial score (nSPS) is 11.7. The fourth-order valence-corrected chi connectivity index (χ4v) is 2.46. The van der Waals surface area contributed by atoms with Gasteiger partial charge >= 0.3 is 0 Å². The van der Waals surface area contributed by atoms with Gasteiger partial charge in [0.25, 0.3) is 0 Å². The molecule has 4 nitrogen and oxygen atoms in total. The van der Waals surface area contributed by atoms with Crippen molar-refractivity contribution >= 4 is 10.0 Å². The third kappa shape index (κ3) is 6.20. The van der Waals surface area contributed by atoms with Gasteiger partial charge in [-0.05, 0) is 37.8 Å². The van der Waals surface area contributed by atoms with Crippen LogP contribution in [0.3, 0.4) is 0 Å². The molecule has 0 fully saturated rings. The average molecular weight is 324 g/mol. The first-order chi connectivity index (χ1) is 10.5. The molecular formula is C17H29N3OS. The van der Waals surface area contributed by atoms with E-state index < -0.39 is 10.0 Å². The van der Waals surface area contributed by atoms with E-state index in [0.717, 1.165) is 29.4 Å². The summed E-state index contributed by atoms with van der Waals surface area (Å²) >= 11 is 0. The molecule has 0 aliphatic heterocycles. The highest BCUT2D eigenvalue weighted by Crippen LogP contribution is 2.33. The van der Waals surface area contributed by atoms with Crippen LogP contribution < -0.4 is 0 Å². The molecule has 0 aliphatic rings. The number of imidazole rings is 1. The molecule has 5 heteroatoms. The zero-order valence-electron chi connectivity index (χ0n) is 14.7. The molecule has 0 spiro atoms.